The molecule has 8 nitrogen and oxygen atoms in total. The molecule has 148 valence electrons. The van der Waals surface area contributed by atoms with Gasteiger partial charge in [-0.15, -0.1) is 0 Å². The number of hydrogen-bond donors (Lipinski definition) is 2. The van der Waals surface area contributed by atoms with Crippen LogP contribution in [0.5, 0.6) is 0 Å². The highest BCUT2D eigenvalue weighted by Gasteiger charge is 2.33. The molecule has 2 aliphatic rings. The molecule has 1 aromatic rings. The van der Waals surface area contributed by atoms with E-state index in [1.54, 1.807) is 6.07 Å². The van der Waals surface area contributed by atoms with E-state index in [1.165, 1.54) is 21.9 Å². The van der Waals surface area contributed by atoms with E-state index in [-0.39, 0.29) is 24.7 Å². The van der Waals surface area contributed by atoms with Crippen LogP contribution in [0.1, 0.15) is 26.2 Å². The molecule has 2 heterocycles. The van der Waals surface area contributed by atoms with Gasteiger partial charge in [-0.25, -0.2) is 9.18 Å². The van der Waals surface area contributed by atoms with Crippen LogP contribution in [0.25, 0.3) is 0 Å². The number of halogens is 1. The number of nitrogens with zero attached hydrogens (tertiary/aromatic N) is 2. The molecule has 2 N–H and O–H groups in total. The fourth-order valence-electron chi connectivity index (χ4n) is 3.10. The summed E-state index contributed by atoms with van der Waals surface area (Å²) in [5.41, 5.74) is 0.562. The Kier molecular flexibility index (Phi) is 6.12. The molecule has 0 spiro atoms. The molecule has 0 bridgehead atoms. The van der Waals surface area contributed by atoms with Crippen molar-refractivity contribution in [2.24, 2.45) is 0 Å². The van der Waals surface area contributed by atoms with Gasteiger partial charge in [0.05, 0.1) is 24.9 Å². The number of carbonyl (C=O) groups excluding carboxylic acids is 2. The lowest BCUT2D eigenvalue weighted by atomic mass is 10.2. The van der Waals surface area contributed by atoms with Gasteiger partial charge in [-0.1, -0.05) is 13.3 Å². The monoisotopic (exact) mass is 381 g/mol. The highest BCUT2D eigenvalue weighted by atomic mass is 19.1. The lowest BCUT2D eigenvalue weighted by molar-refractivity contribution is -0.123. The Labute approximate surface area is 156 Å². The molecule has 1 aromatic carbocycles. The van der Waals surface area contributed by atoms with Gasteiger partial charge in [0.1, 0.15) is 12.4 Å². The SMILES string of the molecule is CCCCC(=O)NC[C@H]1CN(c2ccc(N3CCOC3=O)c(F)c2)C(O)O1. The molecular formula is C18H24FN3O5. The molecule has 0 saturated carbocycles. The molecule has 0 aromatic heterocycles. The zero-order valence-corrected chi connectivity index (χ0v) is 15.2. The highest BCUT2D eigenvalue weighted by molar-refractivity contribution is 5.89. The van der Waals surface area contributed by atoms with Crippen molar-refractivity contribution in [3.8, 4) is 0 Å². The first-order valence-electron chi connectivity index (χ1n) is 9.10. The van der Waals surface area contributed by atoms with E-state index in [0.717, 1.165) is 12.8 Å². The van der Waals surface area contributed by atoms with Crippen LogP contribution in [0, 0.1) is 5.82 Å². The van der Waals surface area contributed by atoms with Gasteiger partial charge in [-0.2, -0.15) is 0 Å². The molecule has 3 rings (SSSR count). The Morgan fingerprint density at radius 1 is 1.44 bits per heavy atom. The highest BCUT2D eigenvalue weighted by Crippen LogP contribution is 2.30. The number of benzene rings is 1. The van der Waals surface area contributed by atoms with Crippen molar-refractivity contribution in [1.82, 2.24) is 5.32 Å². The van der Waals surface area contributed by atoms with Crippen LogP contribution in [-0.2, 0) is 14.3 Å². The second-order valence-electron chi connectivity index (χ2n) is 6.55. The first-order valence-corrected chi connectivity index (χ1v) is 9.10. The molecule has 27 heavy (non-hydrogen) atoms. The number of ether oxygens (including phenoxy) is 2. The maximum Gasteiger partial charge on any atom is 0.414 e. The third-order valence-corrected chi connectivity index (χ3v) is 4.58. The summed E-state index contributed by atoms with van der Waals surface area (Å²) in [5, 5.41) is 12.9. The number of carbonyl (C=O) groups is 2. The zero-order valence-electron chi connectivity index (χ0n) is 15.2. The number of aliphatic hydroxyl groups excluding tert-OH is 1. The maximum absolute atomic E-state index is 14.5. The Bertz CT molecular complexity index is 702. The van der Waals surface area contributed by atoms with Crippen molar-refractivity contribution in [3.05, 3.63) is 24.0 Å². The number of rotatable bonds is 7. The van der Waals surface area contributed by atoms with Gasteiger partial charge < -0.3 is 24.8 Å². The van der Waals surface area contributed by atoms with Crippen LogP contribution in [0.15, 0.2) is 18.2 Å². The minimum Gasteiger partial charge on any atom is -0.447 e. The lowest BCUT2D eigenvalue weighted by Crippen LogP contribution is -2.34. The number of cyclic esters (lactones) is 1. The van der Waals surface area contributed by atoms with Crippen molar-refractivity contribution < 1.29 is 28.6 Å². The third-order valence-electron chi connectivity index (χ3n) is 4.58. The molecule has 2 fully saturated rings. The van der Waals surface area contributed by atoms with Crippen molar-refractivity contribution in [2.75, 3.05) is 36.0 Å². The normalized spacial score (nSPS) is 22.3. The van der Waals surface area contributed by atoms with Crippen LogP contribution < -0.4 is 15.1 Å². The fourth-order valence-corrected chi connectivity index (χ4v) is 3.10. The molecule has 2 aliphatic heterocycles. The van der Waals surface area contributed by atoms with E-state index in [0.29, 0.717) is 25.2 Å². The molecule has 9 heteroatoms. The first kappa shape index (κ1) is 19.4. The second-order valence-corrected chi connectivity index (χ2v) is 6.55. The summed E-state index contributed by atoms with van der Waals surface area (Å²) in [6.45, 7) is 3.11. The van der Waals surface area contributed by atoms with Crippen LogP contribution >= 0.6 is 0 Å². The van der Waals surface area contributed by atoms with Crippen LogP contribution in [0.3, 0.4) is 0 Å². The van der Waals surface area contributed by atoms with Crippen LogP contribution in [0.2, 0.25) is 0 Å². The minimum atomic E-state index is -1.23. The summed E-state index contributed by atoms with van der Waals surface area (Å²) in [4.78, 5) is 26.0. The summed E-state index contributed by atoms with van der Waals surface area (Å²) >= 11 is 0. The quantitative estimate of drug-likeness (QED) is 0.745. The van der Waals surface area contributed by atoms with Crippen LogP contribution in [-0.4, -0.2) is 55.9 Å². The molecule has 1 unspecified atom stereocenters. The van der Waals surface area contributed by atoms with Gasteiger partial charge in [0.2, 0.25) is 12.3 Å². The zero-order chi connectivity index (χ0) is 19.4. The molecule has 2 amide bonds. The average Bonchev–Trinajstić information content (AvgIpc) is 3.23. The molecule has 0 radical (unpaired) electrons. The van der Waals surface area contributed by atoms with E-state index in [9.17, 15) is 19.1 Å². The summed E-state index contributed by atoms with van der Waals surface area (Å²) < 4.78 is 24.7. The predicted octanol–water partition coefficient (Wildman–Crippen LogP) is 1.57. The first-order chi connectivity index (χ1) is 13.0. The van der Waals surface area contributed by atoms with Gasteiger partial charge >= 0.3 is 6.09 Å². The maximum atomic E-state index is 14.5. The smallest absolute Gasteiger partial charge is 0.414 e. The van der Waals surface area contributed by atoms with Gasteiger partial charge in [0, 0.05) is 18.7 Å². The van der Waals surface area contributed by atoms with E-state index in [4.69, 9.17) is 9.47 Å². The number of aliphatic hydroxyl groups is 1. The number of amides is 2. The summed E-state index contributed by atoms with van der Waals surface area (Å²) in [6.07, 6.45) is 0.0106. The topological polar surface area (TPSA) is 91.3 Å². The van der Waals surface area contributed by atoms with Crippen molar-refractivity contribution >= 4 is 23.4 Å². The van der Waals surface area contributed by atoms with Gasteiger partial charge in [0.15, 0.2) is 0 Å². The Morgan fingerprint density at radius 2 is 2.26 bits per heavy atom. The van der Waals surface area contributed by atoms with Crippen molar-refractivity contribution in [2.45, 2.75) is 38.7 Å². The number of unbranched alkanes of at least 4 members (excludes halogenated alkanes) is 1. The Morgan fingerprint density at radius 3 is 2.93 bits per heavy atom. The number of anilines is 2. The standard InChI is InChI=1S/C18H24FN3O5/c1-2-3-4-16(23)20-10-13-11-22(18(25)27-13)12-5-6-15(14(19)9-12)21-7-8-26-17(21)24/h5-6,9,13,18,25H,2-4,7-8,10-11H2,1H3,(H,20,23)/t13-,18?/m0/s1. The largest absolute Gasteiger partial charge is 0.447 e. The summed E-state index contributed by atoms with van der Waals surface area (Å²) in [6, 6.07) is 4.33. The fraction of sp³-hybridized carbons (Fsp3) is 0.556. The molecule has 2 saturated heterocycles. The van der Waals surface area contributed by atoms with E-state index < -0.39 is 24.4 Å². The third kappa shape index (κ3) is 4.48. The summed E-state index contributed by atoms with van der Waals surface area (Å²) in [7, 11) is 0. The second kappa shape index (κ2) is 8.53. The van der Waals surface area contributed by atoms with E-state index >= 15 is 0 Å². The van der Waals surface area contributed by atoms with Gasteiger partial charge in [0.25, 0.3) is 0 Å². The summed E-state index contributed by atoms with van der Waals surface area (Å²) in [5.74, 6) is -0.642. The molecule has 2 atom stereocenters. The van der Waals surface area contributed by atoms with Crippen molar-refractivity contribution in [1.29, 1.82) is 0 Å². The van der Waals surface area contributed by atoms with Crippen molar-refractivity contribution in [3.63, 3.8) is 0 Å². The van der Waals surface area contributed by atoms with E-state index in [1.807, 2.05) is 6.92 Å². The van der Waals surface area contributed by atoms with Gasteiger partial charge in [-0.05, 0) is 24.6 Å². The van der Waals surface area contributed by atoms with Gasteiger partial charge in [-0.3, -0.25) is 9.69 Å². The molecule has 0 aliphatic carbocycles. The Balaban J connectivity index is 1.60. The minimum absolute atomic E-state index is 0.0544. The Hall–Kier alpha value is -2.39. The number of hydrogen-bond acceptors (Lipinski definition) is 6. The lowest BCUT2D eigenvalue weighted by Gasteiger charge is -2.22. The number of nitrogens with one attached hydrogen (secondary N) is 1. The van der Waals surface area contributed by atoms with Crippen LogP contribution in [0.4, 0.5) is 20.6 Å². The molecular weight excluding hydrogens is 357 g/mol. The predicted molar refractivity (Wildman–Crippen MR) is 95.9 cm³/mol. The average molecular weight is 381 g/mol. The van der Waals surface area contributed by atoms with E-state index in [2.05, 4.69) is 5.32 Å².